The van der Waals surface area contributed by atoms with E-state index < -0.39 is 97.5 Å². The maximum absolute atomic E-state index is 13.0. The zero-order valence-electron chi connectivity index (χ0n) is 55.1. The van der Waals surface area contributed by atoms with E-state index >= 15 is 0 Å². The number of carbonyl (C=O) groups excluding carboxylic acids is 4. The number of aliphatic hydroxyl groups is 1. The van der Waals surface area contributed by atoms with Crippen LogP contribution < -0.4 is 0 Å². The van der Waals surface area contributed by atoms with Crippen molar-refractivity contribution < 1.29 is 80.2 Å². The van der Waals surface area contributed by atoms with Gasteiger partial charge in [0.25, 0.3) is 0 Å². The van der Waals surface area contributed by atoms with Crippen LogP contribution in [0.5, 0.6) is 0 Å². The summed E-state index contributed by atoms with van der Waals surface area (Å²) in [5, 5.41) is 10.5. The summed E-state index contributed by atoms with van der Waals surface area (Å²) in [4.78, 5) is 72.0. The molecule has 0 saturated heterocycles. The molecule has 0 radical (unpaired) electrons. The number of aliphatic hydroxyl groups excluding tert-OH is 1. The van der Waals surface area contributed by atoms with Crippen molar-refractivity contribution in [1.82, 2.24) is 0 Å². The number of esters is 4. The van der Waals surface area contributed by atoms with Gasteiger partial charge in [0.2, 0.25) is 0 Å². The molecule has 4 unspecified atom stereocenters. The van der Waals surface area contributed by atoms with Crippen molar-refractivity contribution in [2.24, 2.45) is 17.8 Å². The molecule has 0 heterocycles. The normalized spacial score (nSPS) is 15.0. The number of ether oxygens (including phenoxy) is 4. The van der Waals surface area contributed by atoms with Crippen LogP contribution in [-0.4, -0.2) is 96.7 Å². The Morgan fingerprint density at radius 1 is 0.341 bits per heavy atom. The van der Waals surface area contributed by atoms with Gasteiger partial charge in [-0.2, -0.15) is 0 Å². The van der Waals surface area contributed by atoms with Crippen LogP contribution in [0, 0.1) is 17.8 Å². The van der Waals surface area contributed by atoms with Gasteiger partial charge in [0.05, 0.1) is 26.4 Å². The number of rotatable bonds is 64. The number of phosphoric acid groups is 2. The molecular weight excluding hydrogens is 1130 g/mol. The Kier molecular flexibility index (Phi) is 55.9. The van der Waals surface area contributed by atoms with Gasteiger partial charge in [-0.1, -0.05) is 273 Å². The fourth-order valence-corrected chi connectivity index (χ4v) is 11.3. The molecule has 0 aromatic carbocycles. The zero-order valence-corrected chi connectivity index (χ0v) is 56.9. The largest absolute Gasteiger partial charge is 0.472 e. The van der Waals surface area contributed by atoms with Crippen LogP contribution in [0.1, 0.15) is 325 Å². The second-order valence-electron chi connectivity index (χ2n) is 24.8. The predicted octanol–water partition coefficient (Wildman–Crippen LogP) is 18.3. The molecule has 85 heavy (non-hydrogen) atoms. The third kappa shape index (κ3) is 58.2. The topological polar surface area (TPSA) is 237 Å². The minimum Gasteiger partial charge on any atom is -0.462 e. The molecule has 0 fully saturated rings. The van der Waals surface area contributed by atoms with E-state index in [-0.39, 0.29) is 25.7 Å². The van der Waals surface area contributed by atoms with Gasteiger partial charge in [-0.3, -0.25) is 37.3 Å². The second-order valence-corrected chi connectivity index (χ2v) is 27.7. The molecule has 7 atom stereocenters. The molecule has 0 aliphatic heterocycles. The van der Waals surface area contributed by atoms with Crippen molar-refractivity contribution in [1.29, 1.82) is 0 Å². The van der Waals surface area contributed by atoms with Gasteiger partial charge in [-0.25, -0.2) is 9.13 Å². The SMILES string of the molecule is CCCCCCCC(=O)OC[C@H](COP(=O)(O)OC[C@H](O)COP(=O)(O)OC[C@@H](COC(=O)CCCCCCCCCCC(C)CC)OC(=O)CCCCCCCCCCCCCCCCC(C)CC)OC(=O)CCCCCCCCCC(C)C. The molecule has 0 aliphatic rings. The lowest BCUT2D eigenvalue weighted by Gasteiger charge is -2.21. The highest BCUT2D eigenvalue weighted by Gasteiger charge is 2.30. The maximum Gasteiger partial charge on any atom is 0.472 e. The summed E-state index contributed by atoms with van der Waals surface area (Å²) in [6.45, 7) is 11.7. The molecular formula is C66H128O17P2. The first-order valence-corrected chi connectivity index (χ1v) is 37.4. The van der Waals surface area contributed by atoms with Crippen LogP contribution in [0.2, 0.25) is 0 Å². The minimum absolute atomic E-state index is 0.102. The molecule has 0 rings (SSSR count). The predicted molar refractivity (Wildman–Crippen MR) is 340 cm³/mol. The van der Waals surface area contributed by atoms with Gasteiger partial charge >= 0.3 is 39.5 Å². The number of hydrogen-bond acceptors (Lipinski definition) is 15. The summed E-state index contributed by atoms with van der Waals surface area (Å²) < 4.78 is 67.9. The first kappa shape index (κ1) is 83.1. The van der Waals surface area contributed by atoms with Crippen LogP contribution in [0.4, 0.5) is 0 Å². The average Bonchev–Trinajstić information content (AvgIpc) is 3.49. The molecule has 0 aliphatic carbocycles. The maximum atomic E-state index is 13.0. The van der Waals surface area contributed by atoms with Crippen LogP contribution in [0.25, 0.3) is 0 Å². The lowest BCUT2D eigenvalue weighted by Crippen LogP contribution is -2.30. The highest BCUT2D eigenvalue weighted by molar-refractivity contribution is 7.47. The Morgan fingerprint density at radius 3 is 0.894 bits per heavy atom. The van der Waals surface area contributed by atoms with Crippen LogP contribution in [0.3, 0.4) is 0 Å². The molecule has 19 heteroatoms. The smallest absolute Gasteiger partial charge is 0.462 e. The zero-order chi connectivity index (χ0) is 63.1. The minimum atomic E-state index is -4.95. The lowest BCUT2D eigenvalue weighted by atomic mass is 9.99. The second kappa shape index (κ2) is 57.2. The van der Waals surface area contributed by atoms with Crippen molar-refractivity contribution in [3.63, 3.8) is 0 Å². The van der Waals surface area contributed by atoms with E-state index in [1.807, 2.05) is 0 Å². The molecule has 0 spiro atoms. The summed E-state index contributed by atoms with van der Waals surface area (Å²) in [7, 11) is -9.88. The summed E-state index contributed by atoms with van der Waals surface area (Å²) in [6.07, 6.45) is 39.3. The number of unbranched alkanes of at least 4 members (excludes halogenated alkanes) is 30. The Hall–Kier alpha value is -1.94. The summed E-state index contributed by atoms with van der Waals surface area (Å²) >= 11 is 0. The Labute approximate surface area is 517 Å². The molecule has 0 bridgehead atoms. The Balaban J connectivity index is 5.16. The van der Waals surface area contributed by atoms with Gasteiger partial charge < -0.3 is 33.8 Å². The monoisotopic (exact) mass is 1250 g/mol. The summed E-state index contributed by atoms with van der Waals surface area (Å²) in [5.41, 5.74) is 0. The van der Waals surface area contributed by atoms with Gasteiger partial charge in [0.15, 0.2) is 12.2 Å². The first-order valence-electron chi connectivity index (χ1n) is 34.4. The van der Waals surface area contributed by atoms with Crippen LogP contribution in [-0.2, 0) is 65.4 Å². The third-order valence-corrected chi connectivity index (χ3v) is 17.8. The molecule has 0 amide bonds. The van der Waals surface area contributed by atoms with Crippen molar-refractivity contribution in [2.75, 3.05) is 39.6 Å². The third-order valence-electron chi connectivity index (χ3n) is 15.9. The number of carbonyl (C=O) groups is 4. The highest BCUT2D eigenvalue weighted by Crippen LogP contribution is 2.45. The fraction of sp³-hybridized carbons (Fsp3) is 0.939. The Bertz CT molecular complexity index is 1690. The van der Waals surface area contributed by atoms with E-state index in [0.717, 1.165) is 108 Å². The van der Waals surface area contributed by atoms with Crippen molar-refractivity contribution in [3.05, 3.63) is 0 Å². The van der Waals surface area contributed by atoms with Crippen LogP contribution >= 0.6 is 15.6 Å². The average molecular weight is 1260 g/mol. The molecule has 504 valence electrons. The van der Waals surface area contributed by atoms with E-state index in [1.54, 1.807) is 0 Å². The van der Waals surface area contributed by atoms with Gasteiger partial charge in [0.1, 0.15) is 19.3 Å². The van der Waals surface area contributed by atoms with Gasteiger partial charge in [-0.15, -0.1) is 0 Å². The standard InChI is InChI=1S/C66H128O17P2/c1-8-11-12-30-40-47-63(68)76-53-61(82-66(71)50-43-36-29-23-24-31-37-44-57(4)5)55-80-84(72,73)78-51-60(67)52-79-85(74,75)81-56-62(54-77-64(69)48-41-34-27-22-21-26-33-39-46-59(7)10-3)83-65(70)49-42-35-28-20-18-16-14-13-15-17-19-25-32-38-45-58(6)9-2/h57-62,67H,8-56H2,1-7H3,(H,72,73)(H,74,75)/t58?,59?,60-,61+,62+/m0/s1. The van der Waals surface area contributed by atoms with Crippen molar-refractivity contribution in [3.8, 4) is 0 Å². The van der Waals surface area contributed by atoms with E-state index in [0.29, 0.717) is 31.6 Å². The van der Waals surface area contributed by atoms with E-state index in [4.69, 9.17) is 37.0 Å². The van der Waals surface area contributed by atoms with E-state index in [1.165, 1.54) is 128 Å². The highest BCUT2D eigenvalue weighted by atomic mass is 31.2. The van der Waals surface area contributed by atoms with E-state index in [2.05, 4.69) is 48.5 Å². The number of hydrogen-bond donors (Lipinski definition) is 3. The summed E-state index contributed by atoms with van der Waals surface area (Å²) in [5.74, 6) is 0.174. The molecule has 0 aromatic rings. The van der Waals surface area contributed by atoms with Crippen molar-refractivity contribution >= 4 is 39.5 Å². The molecule has 17 nitrogen and oxygen atoms in total. The van der Waals surface area contributed by atoms with Crippen molar-refractivity contribution in [2.45, 2.75) is 343 Å². The number of phosphoric ester groups is 2. The van der Waals surface area contributed by atoms with Gasteiger partial charge in [0, 0.05) is 25.7 Å². The molecule has 3 N–H and O–H groups in total. The molecule has 0 aromatic heterocycles. The van der Waals surface area contributed by atoms with E-state index in [9.17, 15) is 43.2 Å². The fourth-order valence-electron chi connectivity index (χ4n) is 9.77. The van der Waals surface area contributed by atoms with Gasteiger partial charge in [-0.05, 0) is 43.4 Å². The quantitative estimate of drug-likeness (QED) is 0.0222. The molecule has 0 saturated carbocycles. The summed E-state index contributed by atoms with van der Waals surface area (Å²) in [6, 6.07) is 0. The van der Waals surface area contributed by atoms with Crippen LogP contribution in [0.15, 0.2) is 0 Å². The lowest BCUT2D eigenvalue weighted by molar-refractivity contribution is -0.161. The Morgan fingerprint density at radius 2 is 0.600 bits per heavy atom. The first-order chi connectivity index (χ1) is 40.8.